The first-order valence-corrected chi connectivity index (χ1v) is 9.99. The second-order valence-electron chi connectivity index (χ2n) is 7.91. The van der Waals surface area contributed by atoms with E-state index < -0.39 is 17.3 Å². The Bertz CT molecular complexity index is 984. The van der Waals surface area contributed by atoms with Crippen LogP contribution in [0.15, 0.2) is 59.3 Å². The van der Waals surface area contributed by atoms with Gasteiger partial charge in [-0.15, -0.1) is 4.91 Å². The molecular formula is C23H21F3N2O3. The number of rotatable bonds is 4. The van der Waals surface area contributed by atoms with E-state index >= 15 is 0 Å². The first-order valence-electron chi connectivity index (χ1n) is 9.99. The molecular weight excluding hydrogens is 409 g/mol. The largest absolute Gasteiger partial charge is 0.416 e. The minimum Gasteiger partial charge on any atom is -0.375 e. The average molecular weight is 430 g/mol. The van der Waals surface area contributed by atoms with Crippen LogP contribution >= 0.6 is 0 Å². The molecule has 5 nitrogen and oxygen atoms in total. The van der Waals surface area contributed by atoms with Crippen molar-refractivity contribution in [2.24, 2.45) is 5.18 Å². The van der Waals surface area contributed by atoms with Crippen LogP contribution in [0.5, 0.6) is 0 Å². The molecule has 0 N–H and O–H groups in total. The van der Waals surface area contributed by atoms with Crippen LogP contribution in [0.3, 0.4) is 0 Å². The zero-order valence-electron chi connectivity index (χ0n) is 16.7. The molecule has 0 aliphatic carbocycles. The summed E-state index contributed by atoms with van der Waals surface area (Å²) in [5.41, 5.74) is 1.59. The molecule has 2 aromatic carbocycles. The van der Waals surface area contributed by atoms with Crippen molar-refractivity contribution in [1.82, 2.24) is 4.90 Å². The monoisotopic (exact) mass is 430 g/mol. The number of nitroso groups, excluding NO2 is 1. The molecule has 31 heavy (non-hydrogen) atoms. The molecule has 2 aliphatic heterocycles. The molecule has 8 heteroatoms. The van der Waals surface area contributed by atoms with Crippen LogP contribution in [0.2, 0.25) is 0 Å². The molecule has 2 fully saturated rings. The van der Waals surface area contributed by atoms with Crippen LogP contribution in [0.1, 0.15) is 39.9 Å². The van der Waals surface area contributed by atoms with Gasteiger partial charge in [0.1, 0.15) is 0 Å². The number of halogens is 3. The van der Waals surface area contributed by atoms with Crippen molar-refractivity contribution in [2.75, 3.05) is 26.3 Å². The first kappa shape index (κ1) is 21.2. The molecule has 0 atom stereocenters. The maximum atomic E-state index is 12.8. The summed E-state index contributed by atoms with van der Waals surface area (Å²) >= 11 is 0. The van der Waals surface area contributed by atoms with Crippen LogP contribution in [-0.2, 0) is 16.5 Å². The number of carbonyl (C=O) groups excluding carboxylic acids is 1. The number of carbonyl (C=O) groups is 1. The summed E-state index contributed by atoms with van der Waals surface area (Å²) in [6.07, 6.45) is -1.12. The standard InChI is InChI=1S/C23H21F3N2O3/c24-23(25,26)20-5-1-16(2-6-20)13-17-9-11-28(12-10-17)21(29)18-3-7-19(8-4-18)22(27-30)14-31-15-22/h1-8,13H,9-12,14-15H2. The lowest BCUT2D eigenvalue weighted by molar-refractivity contribution is -0.137. The maximum Gasteiger partial charge on any atom is 0.416 e. The first-order chi connectivity index (χ1) is 14.8. The Hall–Kier alpha value is -3.00. The lowest BCUT2D eigenvalue weighted by Gasteiger charge is -2.35. The van der Waals surface area contributed by atoms with E-state index in [0.717, 1.165) is 28.8 Å². The summed E-state index contributed by atoms with van der Waals surface area (Å²) in [5.74, 6) is -0.0851. The van der Waals surface area contributed by atoms with Crippen LogP contribution in [0, 0.1) is 4.91 Å². The van der Waals surface area contributed by atoms with E-state index in [-0.39, 0.29) is 19.1 Å². The van der Waals surface area contributed by atoms with Crippen molar-refractivity contribution in [3.05, 3.63) is 81.3 Å². The molecule has 2 saturated heterocycles. The van der Waals surface area contributed by atoms with E-state index in [1.54, 1.807) is 29.2 Å². The minimum atomic E-state index is -4.34. The van der Waals surface area contributed by atoms with Crippen molar-refractivity contribution in [1.29, 1.82) is 0 Å². The topological polar surface area (TPSA) is 59.0 Å². The molecule has 0 bridgehead atoms. The Kier molecular flexibility index (Phi) is 5.66. The number of benzene rings is 2. The van der Waals surface area contributed by atoms with E-state index in [2.05, 4.69) is 5.18 Å². The second kappa shape index (κ2) is 8.26. The minimum absolute atomic E-state index is 0.0851. The van der Waals surface area contributed by atoms with Crippen molar-refractivity contribution in [3.8, 4) is 0 Å². The van der Waals surface area contributed by atoms with Gasteiger partial charge in [-0.05, 0) is 48.2 Å². The summed E-state index contributed by atoms with van der Waals surface area (Å²) in [4.78, 5) is 25.7. The van der Waals surface area contributed by atoms with Gasteiger partial charge in [0, 0.05) is 18.7 Å². The summed E-state index contributed by atoms with van der Waals surface area (Å²) < 4.78 is 43.1. The smallest absolute Gasteiger partial charge is 0.375 e. The van der Waals surface area contributed by atoms with Crippen LogP contribution < -0.4 is 0 Å². The van der Waals surface area contributed by atoms with E-state index in [1.807, 2.05) is 6.08 Å². The van der Waals surface area contributed by atoms with Crippen molar-refractivity contribution >= 4 is 12.0 Å². The molecule has 162 valence electrons. The van der Waals surface area contributed by atoms with Gasteiger partial charge in [-0.3, -0.25) is 4.79 Å². The Labute approximate surface area is 177 Å². The van der Waals surface area contributed by atoms with Gasteiger partial charge in [0.05, 0.1) is 18.8 Å². The van der Waals surface area contributed by atoms with E-state index in [1.165, 1.54) is 12.1 Å². The maximum absolute atomic E-state index is 12.8. The molecule has 2 aromatic rings. The predicted molar refractivity (Wildman–Crippen MR) is 109 cm³/mol. The van der Waals surface area contributed by atoms with Gasteiger partial charge in [0.25, 0.3) is 5.91 Å². The molecule has 1 amide bonds. The number of hydrogen-bond acceptors (Lipinski definition) is 4. The lowest BCUT2D eigenvalue weighted by atomic mass is 9.88. The summed E-state index contributed by atoms with van der Waals surface area (Å²) in [6, 6.07) is 12.0. The number of alkyl halides is 3. The molecule has 0 saturated carbocycles. The van der Waals surface area contributed by atoms with Gasteiger partial charge in [0.15, 0.2) is 5.54 Å². The van der Waals surface area contributed by atoms with Gasteiger partial charge >= 0.3 is 6.18 Å². The highest BCUT2D eigenvalue weighted by Crippen LogP contribution is 2.34. The van der Waals surface area contributed by atoms with Crippen LogP contribution in [-0.4, -0.2) is 37.1 Å². The SMILES string of the molecule is O=NC1(c2ccc(C(=O)N3CCC(=Cc4ccc(C(F)(F)F)cc4)CC3)cc2)COC1. The zero-order chi connectivity index (χ0) is 22.1. The van der Waals surface area contributed by atoms with Crippen molar-refractivity contribution in [2.45, 2.75) is 24.6 Å². The number of nitrogens with zero attached hydrogens (tertiary/aromatic N) is 2. The Morgan fingerprint density at radius 3 is 2.10 bits per heavy atom. The van der Waals surface area contributed by atoms with Gasteiger partial charge < -0.3 is 9.64 Å². The molecule has 0 unspecified atom stereocenters. The normalized spacial score (nSPS) is 18.3. The molecule has 0 aromatic heterocycles. The molecule has 0 spiro atoms. The highest BCUT2D eigenvalue weighted by Gasteiger charge is 2.42. The fourth-order valence-electron chi connectivity index (χ4n) is 3.82. The van der Waals surface area contributed by atoms with Crippen molar-refractivity contribution in [3.63, 3.8) is 0 Å². The summed E-state index contributed by atoms with van der Waals surface area (Å²) in [5, 5.41) is 3.19. The number of ether oxygens (including phenoxy) is 1. The number of piperidine rings is 1. The van der Waals surface area contributed by atoms with E-state index in [4.69, 9.17) is 4.74 Å². The quantitative estimate of drug-likeness (QED) is 0.641. The Balaban J connectivity index is 1.36. The lowest BCUT2D eigenvalue weighted by Crippen LogP contribution is -2.44. The zero-order valence-corrected chi connectivity index (χ0v) is 16.7. The molecule has 0 radical (unpaired) electrons. The molecule has 2 aliphatic rings. The fourth-order valence-corrected chi connectivity index (χ4v) is 3.82. The van der Waals surface area contributed by atoms with Gasteiger partial charge in [-0.2, -0.15) is 13.2 Å². The fraction of sp³-hybridized carbons (Fsp3) is 0.348. The molecule has 4 rings (SSSR count). The Morgan fingerprint density at radius 1 is 1.00 bits per heavy atom. The number of hydrogen-bond donors (Lipinski definition) is 0. The predicted octanol–water partition coefficient (Wildman–Crippen LogP) is 5.02. The van der Waals surface area contributed by atoms with E-state index in [9.17, 15) is 22.9 Å². The third-order valence-corrected chi connectivity index (χ3v) is 5.83. The van der Waals surface area contributed by atoms with Gasteiger partial charge in [-0.25, -0.2) is 0 Å². The number of likely N-dealkylation sites (tertiary alicyclic amines) is 1. The highest BCUT2D eigenvalue weighted by molar-refractivity contribution is 5.94. The third-order valence-electron chi connectivity index (χ3n) is 5.83. The summed E-state index contributed by atoms with van der Waals surface area (Å²) in [7, 11) is 0. The second-order valence-corrected chi connectivity index (χ2v) is 7.91. The molecule has 2 heterocycles. The number of amides is 1. The van der Waals surface area contributed by atoms with Crippen LogP contribution in [0.4, 0.5) is 13.2 Å². The van der Waals surface area contributed by atoms with Crippen molar-refractivity contribution < 1.29 is 22.7 Å². The van der Waals surface area contributed by atoms with Crippen LogP contribution in [0.25, 0.3) is 6.08 Å². The average Bonchev–Trinajstić information content (AvgIpc) is 2.74. The van der Waals surface area contributed by atoms with E-state index in [0.29, 0.717) is 31.5 Å². The van der Waals surface area contributed by atoms with Gasteiger partial charge in [0.2, 0.25) is 0 Å². The summed E-state index contributed by atoms with van der Waals surface area (Å²) in [6.45, 7) is 1.59. The van der Waals surface area contributed by atoms with Gasteiger partial charge in [-0.1, -0.05) is 41.1 Å². The highest BCUT2D eigenvalue weighted by atomic mass is 19.4. The third kappa shape index (κ3) is 4.39. The Morgan fingerprint density at radius 2 is 1.61 bits per heavy atom.